The van der Waals surface area contributed by atoms with Crippen molar-refractivity contribution in [2.24, 2.45) is 0 Å². The van der Waals surface area contributed by atoms with Crippen molar-refractivity contribution in [3.63, 3.8) is 0 Å². The molecule has 37 heavy (non-hydrogen) atoms. The normalized spacial score (nSPS) is 10.5. The number of hydrogen-bond acceptors (Lipinski definition) is 4. The third-order valence-corrected chi connectivity index (χ3v) is 5.77. The number of carboxylic acid groups (broad SMARTS) is 1. The zero-order valence-electron chi connectivity index (χ0n) is 19.6. The Hall–Kier alpha value is -4.36. The Labute approximate surface area is 218 Å². The molecule has 0 radical (unpaired) electrons. The zero-order chi connectivity index (χ0) is 26.2. The summed E-state index contributed by atoms with van der Waals surface area (Å²) < 4.78 is 23.6. The minimum Gasteiger partial charge on any atom is -0.488 e. The van der Waals surface area contributed by atoms with Gasteiger partial charge in [-0.1, -0.05) is 60.1 Å². The summed E-state index contributed by atoms with van der Waals surface area (Å²) >= 11 is 6.11. The number of amides is 1. The smallest absolute Gasteiger partial charge is 0.488 e. The third-order valence-electron chi connectivity index (χ3n) is 5.54. The number of ether oxygens (including phenoxy) is 2. The summed E-state index contributed by atoms with van der Waals surface area (Å²) in [6.45, 7) is 0.590. The SMILES string of the molecule is O=C(O)Oc1ccc(-c2ccc(CCNC(=O)c3cc(Cl)ccc3OCc3ccc(F)cc3)cc2)cc1. The lowest BCUT2D eigenvalue weighted by Crippen LogP contribution is -2.26. The molecule has 0 atom stereocenters. The van der Waals surface area contributed by atoms with Crippen LogP contribution < -0.4 is 14.8 Å². The van der Waals surface area contributed by atoms with Crippen LogP contribution in [-0.4, -0.2) is 23.7 Å². The van der Waals surface area contributed by atoms with Gasteiger partial charge in [0.2, 0.25) is 0 Å². The highest BCUT2D eigenvalue weighted by Gasteiger charge is 2.14. The van der Waals surface area contributed by atoms with Crippen LogP contribution in [0, 0.1) is 5.82 Å². The highest BCUT2D eigenvalue weighted by Crippen LogP contribution is 2.25. The number of rotatable bonds is 9. The Morgan fingerprint density at radius 3 is 2.11 bits per heavy atom. The number of benzene rings is 4. The molecule has 8 heteroatoms. The summed E-state index contributed by atoms with van der Waals surface area (Å²) in [5.41, 5.74) is 4.02. The lowest BCUT2D eigenvalue weighted by Gasteiger charge is -2.13. The monoisotopic (exact) mass is 519 g/mol. The Bertz CT molecular complexity index is 1370. The molecule has 6 nitrogen and oxygen atoms in total. The summed E-state index contributed by atoms with van der Waals surface area (Å²) in [6, 6.07) is 25.4. The number of carbonyl (C=O) groups excluding carboxylic acids is 1. The van der Waals surface area contributed by atoms with Gasteiger partial charge < -0.3 is 19.9 Å². The lowest BCUT2D eigenvalue weighted by molar-refractivity contribution is 0.0949. The van der Waals surface area contributed by atoms with Crippen LogP contribution in [0.2, 0.25) is 5.02 Å². The molecule has 4 aromatic rings. The summed E-state index contributed by atoms with van der Waals surface area (Å²) in [4.78, 5) is 23.5. The van der Waals surface area contributed by atoms with Gasteiger partial charge in [0.05, 0.1) is 5.56 Å². The van der Waals surface area contributed by atoms with E-state index in [2.05, 4.69) is 10.1 Å². The molecule has 2 N–H and O–H groups in total. The summed E-state index contributed by atoms with van der Waals surface area (Å²) in [5, 5.41) is 12.0. The average molecular weight is 520 g/mol. The second-order valence-electron chi connectivity index (χ2n) is 8.15. The Morgan fingerprint density at radius 2 is 1.46 bits per heavy atom. The first-order chi connectivity index (χ1) is 17.9. The number of halogens is 2. The van der Waals surface area contributed by atoms with E-state index < -0.39 is 6.16 Å². The van der Waals surface area contributed by atoms with Crippen LogP contribution >= 0.6 is 11.6 Å². The maximum Gasteiger partial charge on any atom is 0.511 e. The van der Waals surface area contributed by atoms with Gasteiger partial charge in [0, 0.05) is 11.6 Å². The molecule has 0 saturated heterocycles. The largest absolute Gasteiger partial charge is 0.511 e. The van der Waals surface area contributed by atoms with E-state index in [1.165, 1.54) is 12.1 Å². The molecular weight excluding hydrogens is 497 g/mol. The van der Waals surface area contributed by atoms with Crippen molar-refractivity contribution < 1.29 is 28.6 Å². The van der Waals surface area contributed by atoms with Gasteiger partial charge in [-0.2, -0.15) is 0 Å². The fourth-order valence-electron chi connectivity index (χ4n) is 3.64. The van der Waals surface area contributed by atoms with Crippen molar-refractivity contribution in [1.29, 1.82) is 0 Å². The Kier molecular flexibility index (Phi) is 8.38. The van der Waals surface area contributed by atoms with E-state index in [9.17, 15) is 14.0 Å². The van der Waals surface area contributed by atoms with Crippen molar-refractivity contribution >= 4 is 23.7 Å². The molecule has 0 aliphatic rings. The van der Waals surface area contributed by atoms with Crippen LogP contribution in [-0.2, 0) is 13.0 Å². The van der Waals surface area contributed by atoms with E-state index >= 15 is 0 Å². The van der Waals surface area contributed by atoms with Gasteiger partial charge in [0.1, 0.15) is 23.9 Å². The van der Waals surface area contributed by atoms with Crippen LogP contribution in [0.3, 0.4) is 0 Å². The van der Waals surface area contributed by atoms with E-state index in [1.54, 1.807) is 54.6 Å². The molecule has 0 bridgehead atoms. The van der Waals surface area contributed by atoms with Gasteiger partial charge in [0.15, 0.2) is 0 Å². The predicted molar refractivity (Wildman–Crippen MR) is 139 cm³/mol. The van der Waals surface area contributed by atoms with Gasteiger partial charge in [0.25, 0.3) is 5.91 Å². The highest BCUT2D eigenvalue weighted by atomic mass is 35.5. The molecule has 188 valence electrons. The summed E-state index contributed by atoms with van der Waals surface area (Å²) in [5.74, 6) is 0.00580. The standard InChI is InChI=1S/C29H23ClFNO5/c30-23-9-14-27(36-18-20-3-10-24(31)11-4-20)26(17-23)28(33)32-16-15-19-1-5-21(6-2-19)22-7-12-25(13-8-22)37-29(34)35/h1-14,17H,15-16,18H2,(H,32,33)(H,34,35). The minimum absolute atomic E-state index is 0.184. The van der Waals surface area contributed by atoms with Crippen LogP contribution in [0.1, 0.15) is 21.5 Å². The molecule has 0 spiro atoms. The van der Waals surface area contributed by atoms with E-state index in [0.29, 0.717) is 29.3 Å². The van der Waals surface area contributed by atoms with Crippen molar-refractivity contribution in [2.75, 3.05) is 6.54 Å². The second-order valence-corrected chi connectivity index (χ2v) is 8.59. The molecule has 0 fully saturated rings. The van der Waals surface area contributed by atoms with Crippen LogP contribution in [0.15, 0.2) is 91.0 Å². The molecule has 0 heterocycles. The maximum atomic E-state index is 13.1. The van der Waals surface area contributed by atoms with Gasteiger partial charge in [-0.25, -0.2) is 9.18 Å². The summed E-state index contributed by atoms with van der Waals surface area (Å²) in [7, 11) is 0. The van der Waals surface area contributed by atoms with Gasteiger partial charge in [-0.15, -0.1) is 0 Å². The number of nitrogens with one attached hydrogen (secondary N) is 1. The van der Waals surface area contributed by atoms with Crippen molar-refractivity contribution in [2.45, 2.75) is 13.0 Å². The molecule has 0 aliphatic heterocycles. The van der Waals surface area contributed by atoms with Gasteiger partial charge in [-0.3, -0.25) is 4.79 Å². The number of hydrogen-bond donors (Lipinski definition) is 2. The maximum absolute atomic E-state index is 13.1. The first-order valence-electron chi connectivity index (χ1n) is 11.4. The fourth-order valence-corrected chi connectivity index (χ4v) is 3.82. The highest BCUT2D eigenvalue weighted by molar-refractivity contribution is 6.31. The average Bonchev–Trinajstić information content (AvgIpc) is 2.89. The predicted octanol–water partition coefficient (Wildman–Crippen LogP) is 6.75. The Balaban J connectivity index is 1.32. The molecule has 0 saturated carbocycles. The summed E-state index contributed by atoms with van der Waals surface area (Å²) in [6.07, 6.45) is -0.739. The third kappa shape index (κ3) is 7.32. The van der Waals surface area contributed by atoms with Crippen LogP contribution in [0.4, 0.5) is 9.18 Å². The topological polar surface area (TPSA) is 84.9 Å². The number of carbonyl (C=O) groups is 2. The molecule has 4 aromatic carbocycles. The molecule has 4 rings (SSSR count). The molecule has 0 aliphatic carbocycles. The molecular formula is C29H23ClFNO5. The van der Waals surface area contributed by atoms with Gasteiger partial charge in [-0.05, 0) is 71.1 Å². The van der Waals surface area contributed by atoms with Crippen LogP contribution in [0.5, 0.6) is 11.5 Å². The molecule has 0 aromatic heterocycles. The zero-order valence-corrected chi connectivity index (χ0v) is 20.4. The first kappa shape index (κ1) is 25.7. The second kappa shape index (κ2) is 12.1. The van der Waals surface area contributed by atoms with E-state index in [4.69, 9.17) is 21.4 Å². The van der Waals surface area contributed by atoms with E-state index in [1.807, 2.05) is 24.3 Å². The van der Waals surface area contributed by atoms with Crippen molar-refractivity contribution in [1.82, 2.24) is 5.32 Å². The minimum atomic E-state index is -1.35. The lowest BCUT2D eigenvalue weighted by atomic mass is 10.0. The van der Waals surface area contributed by atoms with Crippen molar-refractivity contribution in [3.05, 3.63) is 119 Å². The first-order valence-corrected chi connectivity index (χ1v) is 11.8. The molecule has 1 amide bonds. The molecule has 0 unspecified atom stereocenters. The van der Waals surface area contributed by atoms with Crippen LogP contribution in [0.25, 0.3) is 11.1 Å². The van der Waals surface area contributed by atoms with E-state index in [-0.39, 0.29) is 24.1 Å². The Morgan fingerprint density at radius 1 is 0.838 bits per heavy atom. The van der Waals surface area contributed by atoms with E-state index in [0.717, 1.165) is 22.3 Å². The fraction of sp³-hybridized carbons (Fsp3) is 0.103. The van der Waals surface area contributed by atoms with Gasteiger partial charge >= 0.3 is 6.16 Å². The van der Waals surface area contributed by atoms with Crippen molar-refractivity contribution in [3.8, 4) is 22.6 Å². The quantitative estimate of drug-likeness (QED) is 0.189.